The molecule has 3 rings (SSSR count). The molecule has 0 unspecified atom stereocenters. The van der Waals surface area contributed by atoms with Gasteiger partial charge in [-0.15, -0.1) is 28.1 Å². The second-order valence-electron chi connectivity index (χ2n) is 6.57. The summed E-state index contributed by atoms with van der Waals surface area (Å²) in [6.07, 6.45) is 1.73. The highest BCUT2D eigenvalue weighted by Crippen LogP contribution is 2.27. The van der Waals surface area contributed by atoms with Crippen LogP contribution in [0.2, 0.25) is 5.02 Å². The van der Waals surface area contributed by atoms with Crippen LogP contribution in [-0.4, -0.2) is 26.4 Å². The number of ether oxygens (including phenoxy) is 1. The Labute approximate surface area is 193 Å². The molecule has 0 fully saturated rings. The summed E-state index contributed by atoms with van der Waals surface area (Å²) in [5.41, 5.74) is 2.33. The Balaban J connectivity index is 1.65. The first-order chi connectivity index (χ1) is 14.9. The Morgan fingerprint density at radius 1 is 1.42 bits per heavy atom. The molecule has 0 saturated carbocycles. The summed E-state index contributed by atoms with van der Waals surface area (Å²) in [5.74, 6) is 1.24. The van der Waals surface area contributed by atoms with Crippen molar-refractivity contribution in [3.05, 3.63) is 63.8 Å². The molecular formula is C21H20ClN5O2S2. The van der Waals surface area contributed by atoms with E-state index in [4.69, 9.17) is 21.6 Å². The topological polar surface area (TPSA) is 92.8 Å². The molecule has 3 aromatic rings. The minimum Gasteiger partial charge on any atom is -0.486 e. The van der Waals surface area contributed by atoms with E-state index in [0.717, 1.165) is 16.1 Å². The molecule has 7 nitrogen and oxygen atoms in total. The van der Waals surface area contributed by atoms with Gasteiger partial charge in [0.1, 0.15) is 23.4 Å². The Hall–Kier alpha value is -2.80. The maximum absolute atomic E-state index is 12.3. The standard InChI is InChI=1S/C21H20ClN5O2S2/c1-4-6-27-17(11-29-16-8-13(2)19(22)14(3)9-16)25-26-21(27)31-12-18(28)24-20-15(10-23)5-7-30-20/h4-5,7-9H,1,6,11-12H2,2-3H3,(H,24,28). The minimum absolute atomic E-state index is 0.133. The molecule has 0 saturated heterocycles. The third-order valence-electron chi connectivity index (χ3n) is 4.25. The highest BCUT2D eigenvalue weighted by atomic mass is 35.5. The average Bonchev–Trinajstić information content (AvgIpc) is 3.35. The van der Waals surface area contributed by atoms with Crippen LogP contribution in [0.3, 0.4) is 0 Å². The van der Waals surface area contributed by atoms with Gasteiger partial charge >= 0.3 is 0 Å². The van der Waals surface area contributed by atoms with Gasteiger partial charge in [0.25, 0.3) is 0 Å². The summed E-state index contributed by atoms with van der Waals surface area (Å²) in [6.45, 7) is 8.34. The molecule has 0 radical (unpaired) electrons. The molecule has 10 heteroatoms. The number of hydrogen-bond acceptors (Lipinski definition) is 7. The van der Waals surface area contributed by atoms with E-state index < -0.39 is 0 Å². The van der Waals surface area contributed by atoms with Gasteiger partial charge < -0.3 is 10.1 Å². The van der Waals surface area contributed by atoms with Gasteiger partial charge in [-0.25, -0.2) is 0 Å². The Bertz CT molecular complexity index is 1130. The number of carbonyl (C=O) groups excluding carboxylic acids is 1. The van der Waals surface area contributed by atoms with E-state index in [1.54, 1.807) is 17.5 Å². The summed E-state index contributed by atoms with van der Waals surface area (Å²) in [5, 5.41) is 23.8. The molecule has 2 heterocycles. The number of anilines is 1. The van der Waals surface area contributed by atoms with Crippen molar-refractivity contribution in [2.24, 2.45) is 0 Å². The van der Waals surface area contributed by atoms with Crippen LogP contribution in [0.4, 0.5) is 5.00 Å². The van der Waals surface area contributed by atoms with Gasteiger partial charge in [-0.3, -0.25) is 9.36 Å². The fourth-order valence-electron chi connectivity index (χ4n) is 2.77. The fraction of sp³-hybridized carbons (Fsp3) is 0.238. The summed E-state index contributed by atoms with van der Waals surface area (Å²) >= 11 is 8.78. The Morgan fingerprint density at radius 3 is 2.84 bits per heavy atom. The number of nitriles is 1. The average molecular weight is 474 g/mol. The van der Waals surface area contributed by atoms with Gasteiger partial charge in [-0.05, 0) is 48.6 Å². The number of carbonyl (C=O) groups is 1. The van der Waals surface area contributed by atoms with Gasteiger partial charge in [-0.1, -0.05) is 29.4 Å². The van der Waals surface area contributed by atoms with Crippen LogP contribution in [-0.2, 0) is 17.9 Å². The number of nitrogens with zero attached hydrogens (tertiary/aromatic N) is 4. The zero-order chi connectivity index (χ0) is 22.4. The fourth-order valence-corrected chi connectivity index (χ4v) is 4.40. The van der Waals surface area contributed by atoms with Crippen LogP contribution in [0.5, 0.6) is 5.75 Å². The van der Waals surface area contributed by atoms with Gasteiger partial charge in [0.05, 0.1) is 11.3 Å². The van der Waals surface area contributed by atoms with E-state index >= 15 is 0 Å². The highest BCUT2D eigenvalue weighted by Gasteiger charge is 2.15. The number of rotatable bonds is 9. The van der Waals surface area contributed by atoms with E-state index in [-0.39, 0.29) is 18.3 Å². The van der Waals surface area contributed by atoms with E-state index in [1.807, 2.05) is 30.5 Å². The smallest absolute Gasteiger partial charge is 0.235 e. The molecule has 1 N–H and O–H groups in total. The van der Waals surface area contributed by atoms with Crippen molar-refractivity contribution in [3.63, 3.8) is 0 Å². The summed E-state index contributed by atoms with van der Waals surface area (Å²) in [7, 11) is 0. The Kier molecular flexibility index (Phi) is 7.74. The molecule has 0 bridgehead atoms. The quantitative estimate of drug-likeness (QED) is 0.348. The summed E-state index contributed by atoms with van der Waals surface area (Å²) in [4.78, 5) is 12.3. The minimum atomic E-state index is -0.220. The SMILES string of the molecule is C=CCn1c(COc2cc(C)c(Cl)c(C)c2)nnc1SCC(=O)Nc1sccc1C#N. The van der Waals surface area contributed by atoms with Gasteiger partial charge in [0.15, 0.2) is 11.0 Å². The lowest BCUT2D eigenvalue weighted by Gasteiger charge is -2.11. The molecule has 2 aromatic heterocycles. The predicted molar refractivity (Wildman–Crippen MR) is 124 cm³/mol. The van der Waals surface area contributed by atoms with Crippen LogP contribution < -0.4 is 10.1 Å². The van der Waals surface area contributed by atoms with Crippen LogP contribution in [0.25, 0.3) is 0 Å². The van der Waals surface area contributed by atoms with E-state index in [2.05, 4.69) is 28.2 Å². The molecule has 0 spiro atoms. The maximum Gasteiger partial charge on any atom is 0.235 e. The summed E-state index contributed by atoms with van der Waals surface area (Å²) < 4.78 is 7.75. The number of benzene rings is 1. The van der Waals surface area contributed by atoms with Crippen molar-refractivity contribution in [2.75, 3.05) is 11.1 Å². The van der Waals surface area contributed by atoms with Gasteiger partial charge in [0.2, 0.25) is 5.91 Å². The number of aromatic nitrogens is 3. The first kappa shape index (κ1) is 22.9. The van der Waals surface area contributed by atoms with Crippen LogP contribution >= 0.6 is 34.7 Å². The molecule has 0 atom stereocenters. The third-order valence-corrected chi connectivity index (χ3v) is 6.65. The first-order valence-corrected chi connectivity index (χ1v) is 11.5. The lowest BCUT2D eigenvalue weighted by Crippen LogP contribution is -2.14. The number of amides is 1. The number of halogens is 1. The van der Waals surface area contributed by atoms with Crippen LogP contribution in [0.15, 0.2) is 41.4 Å². The van der Waals surface area contributed by atoms with Crippen molar-refractivity contribution >= 4 is 45.6 Å². The normalized spacial score (nSPS) is 10.5. The molecule has 1 aromatic carbocycles. The number of nitrogens with one attached hydrogen (secondary N) is 1. The van der Waals surface area contributed by atoms with Crippen LogP contribution in [0.1, 0.15) is 22.5 Å². The molecular weight excluding hydrogens is 454 g/mol. The zero-order valence-corrected chi connectivity index (χ0v) is 19.4. The predicted octanol–water partition coefficient (Wildman–Crippen LogP) is 4.98. The lowest BCUT2D eigenvalue weighted by atomic mass is 10.1. The number of allylic oxidation sites excluding steroid dienone is 1. The molecule has 0 aliphatic heterocycles. The third kappa shape index (κ3) is 5.67. The maximum atomic E-state index is 12.3. The number of aryl methyl sites for hydroxylation is 2. The van der Waals surface area contributed by atoms with Crippen molar-refractivity contribution in [3.8, 4) is 11.8 Å². The first-order valence-electron chi connectivity index (χ1n) is 9.25. The summed E-state index contributed by atoms with van der Waals surface area (Å²) in [6, 6.07) is 7.48. The van der Waals surface area contributed by atoms with Crippen molar-refractivity contribution in [2.45, 2.75) is 32.2 Å². The number of hydrogen-bond donors (Lipinski definition) is 1. The van der Waals surface area contributed by atoms with E-state index in [0.29, 0.717) is 33.8 Å². The van der Waals surface area contributed by atoms with E-state index in [9.17, 15) is 4.79 Å². The van der Waals surface area contributed by atoms with Crippen molar-refractivity contribution in [1.82, 2.24) is 14.8 Å². The molecule has 0 aliphatic rings. The molecule has 1 amide bonds. The van der Waals surface area contributed by atoms with Gasteiger partial charge in [-0.2, -0.15) is 5.26 Å². The van der Waals surface area contributed by atoms with Crippen molar-refractivity contribution < 1.29 is 9.53 Å². The molecule has 0 aliphatic carbocycles. The van der Waals surface area contributed by atoms with Crippen molar-refractivity contribution in [1.29, 1.82) is 5.26 Å². The monoisotopic (exact) mass is 473 g/mol. The highest BCUT2D eigenvalue weighted by molar-refractivity contribution is 7.99. The van der Waals surface area contributed by atoms with E-state index in [1.165, 1.54) is 23.1 Å². The largest absolute Gasteiger partial charge is 0.486 e. The molecule has 160 valence electrons. The Morgan fingerprint density at radius 2 is 2.16 bits per heavy atom. The number of thioether (sulfide) groups is 1. The second kappa shape index (κ2) is 10.5. The number of thiophene rings is 1. The van der Waals surface area contributed by atoms with Gasteiger partial charge in [0, 0.05) is 11.6 Å². The lowest BCUT2D eigenvalue weighted by molar-refractivity contribution is -0.113. The zero-order valence-electron chi connectivity index (χ0n) is 17.0. The second-order valence-corrected chi connectivity index (χ2v) is 8.81. The molecule has 31 heavy (non-hydrogen) atoms. The van der Waals surface area contributed by atoms with Crippen LogP contribution in [0, 0.1) is 25.2 Å².